The van der Waals surface area contributed by atoms with Crippen LogP contribution in [0, 0.1) is 0 Å². The fourth-order valence-corrected chi connectivity index (χ4v) is 3.09. The Morgan fingerprint density at radius 2 is 1.86 bits per heavy atom. The Balaban J connectivity index is 1.65. The molecule has 0 radical (unpaired) electrons. The van der Waals surface area contributed by atoms with Crippen molar-refractivity contribution in [2.45, 2.75) is 0 Å². The molecule has 0 bridgehead atoms. The number of amides is 1. The molecule has 1 amide bonds. The number of methoxy groups -OCH3 is 2. The lowest BCUT2D eigenvalue weighted by Crippen LogP contribution is -2.13. The number of hydrogen-bond donors (Lipinski definition) is 1. The van der Waals surface area contributed by atoms with Crippen LogP contribution in [0.4, 0.5) is 5.69 Å². The third-order valence-electron chi connectivity index (χ3n) is 4.41. The highest BCUT2D eigenvalue weighted by molar-refractivity contribution is 6.34. The van der Waals surface area contributed by atoms with Crippen LogP contribution in [-0.2, 0) is 0 Å². The number of benzene rings is 3. The summed E-state index contributed by atoms with van der Waals surface area (Å²) in [4.78, 5) is 17.3. The predicted octanol–water partition coefficient (Wildman–Crippen LogP) is 5.42. The van der Waals surface area contributed by atoms with Gasteiger partial charge >= 0.3 is 0 Å². The number of nitrogens with zero attached hydrogens (tertiary/aromatic N) is 1. The van der Waals surface area contributed by atoms with Gasteiger partial charge in [-0.3, -0.25) is 4.79 Å². The maximum atomic E-state index is 12.8. The number of carbonyl (C=O) groups excluding carboxylic acids is 1. The van der Waals surface area contributed by atoms with E-state index in [2.05, 4.69) is 10.3 Å². The van der Waals surface area contributed by atoms with E-state index in [1.165, 1.54) is 7.11 Å². The van der Waals surface area contributed by atoms with Gasteiger partial charge in [0.1, 0.15) is 17.0 Å². The Bertz CT molecular complexity index is 1170. The fourth-order valence-electron chi connectivity index (χ4n) is 2.93. The van der Waals surface area contributed by atoms with Crippen molar-refractivity contribution >= 4 is 34.3 Å². The summed E-state index contributed by atoms with van der Waals surface area (Å²) in [5, 5.41) is 3.22. The second-order valence-corrected chi connectivity index (χ2v) is 6.61. The molecule has 6 nitrogen and oxygen atoms in total. The molecule has 0 saturated heterocycles. The first-order chi connectivity index (χ1) is 14.1. The average Bonchev–Trinajstić information content (AvgIpc) is 3.19. The zero-order valence-electron chi connectivity index (χ0n) is 15.7. The third-order valence-corrected chi connectivity index (χ3v) is 4.74. The van der Waals surface area contributed by atoms with E-state index in [0.29, 0.717) is 44.8 Å². The highest BCUT2D eigenvalue weighted by Gasteiger charge is 2.16. The summed E-state index contributed by atoms with van der Waals surface area (Å²) >= 11 is 6.30. The molecule has 0 aliphatic rings. The third kappa shape index (κ3) is 3.75. The summed E-state index contributed by atoms with van der Waals surface area (Å²) in [5.41, 5.74) is 2.94. The summed E-state index contributed by atoms with van der Waals surface area (Å²) in [6.07, 6.45) is 0. The van der Waals surface area contributed by atoms with Crippen LogP contribution < -0.4 is 14.8 Å². The van der Waals surface area contributed by atoms with E-state index in [-0.39, 0.29) is 5.91 Å². The second-order valence-electron chi connectivity index (χ2n) is 6.20. The zero-order chi connectivity index (χ0) is 20.4. The summed E-state index contributed by atoms with van der Waals surface area (Å²) in [6, 6.07) is 17.7. The zero-order valence-corrected chi connectivity index (χ0v) is 16.5. The van der Waals surface area contributed by atoms with Crippen molar-refractivity contribution in [1.82, 2.24) is 4.98 Å². The summed E-state index contributed by atoms with van der Waals surface area (Å²) < 4.78 is 16.3. The normalized spacial score (nSPS) is 10.7. The van der Waals surface area contributed by atoms with E-state index < -0.39 is 0 Å². The summed E-state index contributed by atoms with van der Waals surface area (Å²) in [6.45, 7) is 0. The number of hydrogen-bond acceptors (Lipinski definition) is 5. The number of oxazole rings is 1. The topological polar surface area (TPSA) is 73.6 Å². The molecule has 146 valence electrons. The van der Waals surface area contributed by atoms with Gasteiger partial charge in [0.25, 0.3) is 5.91 Å². The van der Waals surface area contributed by atoms with Gasteiger partial charge in [0.15, 0.2) is 5.58 Å². The predicted molar refractivity (Wildman–Crippen MR) is 112 cm³/mol. The minimum Gasteiger partial charge on any atom is -0.497 e. The Morgan fingerprint density at radius 3 is 2.62 bits per heavy atom. The van der Waals surface area contributed by atoms with Crippen LogP contribution in [0.15, 0.2) is 65.1 Å². The molecule has 3 aromatic carbocycles. The number of rotatable bonds is 5. The Morgan fingerprint density at radius 1 is 1.03 bits per heavy atom. The van der Waals surface area contributed by atoms with Crippen molar-refractivity contribution in [2.75, 3.05) is 19.5 Å². The Kier molecular flexibility index (Phi) is 5.10. The number of carbonyl (C=O) groups is 1. The van der Waals surface area contributed by atoms with Crippen molar-refractivity contribution in [3.8, 4) is 23.0 Å². The summed E-state index contributed by atoms with van der Waals surface area (Å²) in [5.74, 6) is 1.07. The number of ether oxygens (including phenoxy) is 2. The molecule has 0 fully saturated rings. The number of nitrogens with one attached hydrogen (secondary N) is 1. The molecule has 4 rings (SSSR count). The molecule has 1 aromatic heterocycles. The molecule has 0 saturated carbocycles. The van der Waals surface area contributed by atoms with Crippen molar-refractivity contribution in [3.05, 3.63) is 71.2 Å². The van der Waals surface area contributed by atoms with E-state index in [9.17, 15) is 4.79 Å². The lowest BCUT2D eigenvalue weighted by Gasteiger charge is -2.12. The minimum absolute atomic E-state index is 0.358. The van der Waals surface area contributed by atoms with Gasteiger partial charge in [0.05, 0.1) is 30.5 Å². The van der Waals surface area contributed by atoms with Gasteiger partial charge in [0, 0.05) is 11.6 Å². The molecule has 0 unspecified atom stereocenters. The highest BCUT2D eigenvalue weighted by Crippen LogP contribution is 2.32. The first kappa shape index (κ1) is 18.8. The van der Waals surface area contributed by atoms with Crippen LogP contribution in [0.25, 0.3) is 22.6 Å². The number of halogens is 1. The highest BCUT2D eigenvalue weighted by atomic mass is 35.5. The van der Waals surface area contributed by atoms with Gasteiger partial charge in [0.2, 0.25) is 5.89 Å². The lowest BCUT2D eigenvalue weighted by atomic mass is 10.1. The first-order valence-electron chi connectivity index (χ1n) is 8.78. The van der Waals surface area contributed by atoms with Gasteiger partial charge in [-0.05, 0) is 42.5 Å². The van der Waals surface area contributed by atoms with Crippen molar-refractivity contribution < 1.29 is 18.7 Å². The number of fused-ring (bicyclic) bond motifs is 1. The first-order valence-corrected chi connectivity index (χ1v) is 9.15. The molecular weight excluding hydrogens is 392 g/mol. The molecule has 1 heterocycles. The van der Waals surface area contributed by atoms with Crippen LogP contribution in [0.1, 0.15) is 10.4 Å². The van der Waals surface area contributed by atoms with Crippen molar-refractivity contribution in [2.24, 2.45) is 0 Å². The Labute approximate surface area is 172 Å². The van der Waals surface area contributed by atoms with Crippen LogP contribution >= 0.6 is 11.6 Å². The molecule has 0 aliphatic heterocycles. The maximum Gasteiger partial charge on any atom is 0.259 e. The minimum atomic E-state index is -0.360. The quantitative estimate of drug-likeness (QED) is 0.477. The summed E-state index contributed by atoms with van der Waals surface area (Å²) in [7, 11) is 3.04. The average molecular weight is 409 g/mol. The molecule has 7 heteroatoms. The van der Waals surface area contributed by atoms with Gasteiger partial charge < -0.3 is 19.2 Å². The van der Waals surface area contributed by atoms with Gasteiger partial charge in [-0.1, -0.05) is 23.7 Å². The second kappa shape index (κ2) is 7.85. The lowest BCUT2D eigenvalue weighted by molar-refractivity contribution is 0.102. The Hall–Kier alpha value is -3.51. The van der Waals surface area contributed by atoms with E-state index in [1.807, 2.05) is 24.3 Å². The number of anilines is 1. The standard InChI is InChI=1S/C22H17ClN2O4/c1-27-14-8-9-15(20(12-14)28-2)21(26)24-18-11-13(7-10-16(18)23)22-25-17-5-3-4-6-19(17)29-22/h3-12H,1-2H3,(H,24,26). The van der Waals surface area contributed by atoms with E-state index in [4.69, 9.17) is 25.5 Å². The SMILES string of the molecule is COc1ccc(C(=O)Nc2cc(-c3nc4ccccc4o3)ccc2Cl)c(OC)c1. The van der Waals surface area contributed by atoms with E-state index in [1.54, 1.807) is 43.5 Å². The monoisotopic (exact) mass is 408 g/mol. The molecule has 0 atom stereocenters. The fraction of sp³-hybridized carbons (Fsp3) is 0.0909. The molecule has 0 spiro atoms. The van der Waals surface area contributed by atoms with Crippen molar-refractivity contribution in [1.29, 1.82) is 0 Å². The van der Waals surface area contributed by atoms with Crippen LogP contribution in [-0.4, -0.2) is 25.1 Å². The molecule has 29 heavy (non-hydrogen) atoms. The van der Waals surface area contributed by atoms with Crippen LogP contribution in [0.3, 0.4) is 0 Å². The number of aromatic nitrogens is 1. The smallest absolute Gasteiger partial charge is 0.259 e. The molecule has 1 N–H and O–H groups in total. The molecule has 4 aromatic rings. The van der Waals surface area contributed by atoms with Gasteiger partial charge in [-0.25, -0.2) is 4.98 Å². The molecular formula is C22H17ClN2O4. The van der Waals surface area contributed by atoms with Crippen LogP contribution in [0.5, 0.6) is 11.5 Å². The van der Waals surface area contributed by atoms with Crippen molar-refractivity contribution in [3.63, 3.8) is 0 Å². The maximum absolute atomic E-state index is 12.8. The van der Waals surface area contributed by atoms with Gasteiger partial charge in [-0.2, -0.15) is 0 Å². The van der Waals surface area contributed by atoms with E-state index in [0.717, 1.165) is 5.52 Å². The number of para-hydroxylation sites is 2. The van der Waals surface area contributed by atoms with E-state index >= 15 is 0 Å². The van der Waals surface area contributed by atoms with Gasteiger partial charge in [-0.15, -0.1) is 0 Å². The molecule has 0 aliphatic carbocycles. The largest absolute Gasteiger partial charge is 0.497 e. The van der Waals surface area contributed by atoms with Crippen LogP contribution in [0.2, 0.25) is 5.02 Å².